The van der Waals surface area contributed by atoms with Crippen molar-refractivity contribution in [3.63, 3.8) is 0 Å². The zero-order valence-corrected chi connectivity index (χ0v) is 15.4. The summed E-state index contributed by atoms with van der Waals surface area (Å²) in [5.74, 6) is 0.239. The summed E-state index contributed by atoms with van der Waals surface area (Å²) < 4.78 is 1.16. The highest BCUT2D eigenvalue weighted by molar-refractivity contribution is 5.82. The molecule has 0 unspecified atom stereocenters. The standard InChI is InChI=1S/C20H22N4O2/c1-13(2)26-24-19(25)17-7-5-6-8-18(17)22-20(24)23-21-12-16-10-9-14(3)11-15(16)4/h5-13H,1-4H3,(H,22,23)/b21-12+. The van der Waals surface area contributed by atoms with Gasteiger partial charge in [0.15, 0.2) is 0 Å². The summed E-state index contributed by atoms with van der Waals surface area (Å²) in [5, 5.41) is 4.74. The summed E-state index contributed by atoms with van der Waals surface area (Å²) in [5.41, 5.74) is 6.47. The monoisotopic (exact) mass is 350 g/mol. The highest BCUT2D eigenvalue weighted by Crippen LogP contribution is 2.12. The molecule has 6 heteroatoms. The Hall–Kier alpha value is -3.15. The molecule has 1 N–H and O–H groups in total. The number of nitrogens with one attached hydrogen (secondary N) is 1. The number of benzene rings is 2. The third-order valence-corrected chi connectivity index (χ3v) is 3.85. The molecule has 3 aromatic rings. The molecule has 0 amide bonds. The topological polar surface area (TPSA) is 68.5 Å². The zero-order valence-electron chi connectivity index (χ0n) is 15.4. The number of fused-ring (bicyclic) bond motifs is 1. The van der Waals surface area contributed by atoms with Gasteiger partial charge in [-0.05, 0) is 51.0 Å². The Balaban J connectivity index is 1.97. The molecule has 0 aliphatic rings. The maximum atomic E-state index is 12.7. The van der Waals surface area contributed by atoms with E-state index in [1.807, 2.05) is 45.9 Å². The van der Waals surface area contributed by atoms with Gasteiger partial charge < -0.3 is 4.84 Å². The summed E-state index contributed by atoms with van der Waals surface area (Å²) in [6.07, 6.45) is 1.52. The van der Waals surface area contributed by atoms with Crippen LogP contribution in [0.25, 0.3) is 10.9 Å². The summed E-state index contributed by atoms with van der Waals surface area (Å²) >= 11 is 0. The van der Waals surface area contributed by atoms with Crippen molar-refractivity contribution < 1.29 is 4.84 Å². The number of nitrogens with zero attached hydrogens (tertiary/aromatic N) is 3. The van der Waals surface area contributed by atoms with E-state index in [4.69, 9.17) is 4.84 Å². The van der Waals surface area contributed by atoms with Crippen LogP contribution in [0.5, 0.6) is 0 Å². The van der Waals surface area contributed by atoms with Crippen molar-refractivity contribution in [3.8, 4) is 0 Å². The molecule has 1 heterocycles. The number of aryl methyl sites for hydroxylation is 2. The lowest BCUT2D eigenvalue weighted by Crippen LogP contribution is -2.33. The van der Waals surface area contributed by atoms with Gasteiger partial charge in [0.25, 0.3) is 11.5 Å². The van der Waals surface area contributed by atoms with Gasteiger partial charge in [-0.25, -0.2) is 10.4 Å². The Kier molecular flexibility index (Phi) is 5.02. The SMILES string of the molecule is Cc1ccc(/C=N/Nc2nc3ccccc3c(=O)n2OC(C)C)c(C)c1. The number of hydrogen-bond donors (Lipinski definition) is 1. The average molecular weight is 350 g/mol. The van der Waals surface area contributed by atoms with E-state index in [1.54, 1.807) is 24.4 Å². The lowest BCUT2D eigenvalue weighted by molar-refractivity contribution is 0.0561. The minimum atomic E-state index is -0.270. The molecule has 3 rings (SSSR count). The first kappa shape index (κ1) is 17.7. The minimum Gasteiger partial charge on any atom is -0.405 e. The molecule has 0 atom stereocenters. The van der Waals surface area contributed by atoms with Crippen LogP contribution in [-0.2, 0) is 0 Å². The van der Waals surface area contributed by atoms with Crippen LogP contribution in [-0.4, -0.2) is 22.0 Å². The fraction of sp³-hybridized carbons (Fsp3) is 0.250. The molecule has 0 saturated heterocycles. The second-order valence-electron chi connectivity index (χ2n) is 6.44. The van der Waals surface area contributed by atoms with Crippen molar-refractivity contribution >= 4 is 23.1 Å². The van der Waals surface area contributed by atoms with Gasteiger partial charge in [0.05, 0.1) is 17.1 Å². The molecule has 6 nitrogen and oxygen atoms in total. The molecule has 0 aliphatic heterocycles. The summed E-state index contributed by atoms with van der Waals surface area (Å²) in [6.45, 7) is 7.78. The largest absolute Gasteiger partial charge is 0.405 e. The van der Waals surface area contributed by atoms with Crippen LogP contribution in [0.3, 0.4) is 0 Å². The number of para-hydroxylation sites is 1. The summed E-state index contributed by atoms with van der Waals surface area (Å²) in [4.78, 5) is 22.8. The number of hydrogen-bond acceptors (Lipinski definition) is 5. The molecule has 0 bridgehead atoms. The smallest absolute Gasteiger partial charge is 0.295 e. The Morgan fingerprint density at radius 2 is 1.96 bits per heavy atom. The van der Waals surface area contributed by atoms with Gasteiger partial charge in [-0.2, -0.15) is 5.10 Å². The van der Waals surface area contributed by atoms with Crippen molar-refractivity contribution in [2.75, 3.05) is 5.43 Å². The van der Waals surface area contributed by atoms with Crippen LogP contribution in [0.15, 0.2) is 52.4 Å². The summed E-state index contributed by atoms with van der Waals surface area (Å²) in [6, 6.07) is 13.3. The molecular weight excluding hydrogens is 328 g/mol. The van der Waals surface area contributed by atoms with Crippen LogP contribution in [0.4, 0.5) is 5.95 Å². The van der Waals surface area contributed by atoms with Gasteiger partial charge in [0.1, 0.15) is 6.10 Å². The Morgan fingerprint density at radius 3 is 2.69 bits per heavy atom. The highest BCUT2D eigenvalue weighted by atomic mass is 16.7. The van der Waals surface area contributed by atoms with Crippen molar-refractivity contribution in [3.05, 3.63) is 69.5 Å². The van der Waals surface area contributed by atoms with Crippen LogP contribution in [0, 0.1) is 13.8 Å². The molecule has 26 heavy (non-hydrogen) atoms. The van der Waals surface area contributed by atoms with E-state index in [0.717, 1.165) is 15.9 Å². The fourth-order valence-electron chi connectivity index (χ4n) is 2.63. The summed E-state index contributed by atoms with van der Waals surface area (Å²) in [7, 11) is 0. The highest BCUT2D eigenvalue weighted by Gasteiger charge is 2.12. The Morgan fingerprint density at radius 1 is 1.19 bits per heavy atom. The molecule has 0 fully saturated rings. The lowest BCUT2D eigenvalue weighted by Gasteiger charge is -2.15. The number of anilines is 1. The number of hydrazone groups is 1. The number of rotatable bonds is 5. The lowest BCUT2D eigenvalue weighted by atomic mass is 10.1. The molecule has 0 saturated carbocycles. The second-order valence-corrected chi connectivity index (χ2v) is 6.44. The zero-order chi connectivity index (χ0) is 18.7. The van der Waals surface area contributed by atoms with Gasteiger partial charge in [-0.15, -0.1) is 4.73 Å². The van der Waals surface area contributed by atoms with Crippen molar-refractivity contribution in [1.82, 2.24) is 9.71 Å². The molecule has 0 aliphatic carbocycles. The predicted molar refractivity (Wildman–Crippen MR) is 105 cm³/mol. The van der Waals surface area contributed by atoms with Crippen molar-refractivity contribution in [2.24, 2.45) is 5.10 Å². The Bertz CT molecular complexity index is 1020. The predicted octanol–water partition coefficient (Wildman–Crippen LogP) is 3.30. The van der Waals surface area contributed by atoms with Crippen LogP contribution in [0.2, 0.25) is 0 Å². The maximum Gasteiger partial charge on any atom is 0.295 e. The van der Waals surface area contributed by atoms with Gasteiger partial charge in [-0.1, -0.05) is 35.9 Å². The molecular formula is C20H22N4O2. The van der Waals surface area contributed by atoms with Crippen molar-refractivity contribution in [2.45, 2.75) is 33.8 Å². The molecule has 1 aromatic heterocycles. The fourth-order valence-corrected chi connectivity index (χ4v) is 2.63. The van der Waals surface area contributed by atoms with E-state index in [9.17, 15) is 4.79 Å². The molecule has 0 spiro atoms. The first-order valence-corrected chi connectivity index (χ1v) is 8.51. The van der Waals surface area contributed by atoms with Crippen LogP contribution in [0.1, 0.15) is 30.5 Å². The van der Waals surface area contributed by atoms with E-state index in [1.165, 1.54) is 5.56 Å². The quantitative estimate of drug-likeness (QED) is 0.566. The number of aromatic nitrogens is 2. The van der Waals surface area contributed by atoms with E-state index >= 15 is 0 Å². The molecule has 0 radical (unpaired) electrons. The molecule has 2 aromatic carbocycles. The second kappa shape index (κ2) is 7.39. The van der Waals surface area contributed by atoms with Gasteiger partial charge >= 0.3 is 0 Å². The van der Waals surface area contributed by atoms with Crippen molar-refractivity contribution in [1.29, 1.82) is 0 Å². The first-order valence-electron chi connectivity index (χ1n) is 8.51. The first-order chi connectivity index (χ1) is 12.5. The van der Waals surface area contributed by atoms with Crippen LogP contribution < -0.4 is 15.8 Å². The van der Waals surface area contributed by atoms with E-state index in [0.29, 0.717) is 10.9 Å². The third-order valence-electron chi connectivity index (χ3n) is 3.85. The van der Waals surface area contributed by atoms with E-state index in [-0.39, 0.29) is 17.6 Å². The normalized spacial score (nSPS) is 11.4. The average Bonchev–Trinajstić information content (AvgIpc) is 2.60. The van der Waals surface area contributed by atoms with Crippen LogP contribution >= 0.6 is 0 Å². The Labute approximate surface area is 152 Å². The van der Waals surface area contributed by atoms with Gasteiger partial charge in [-0.3, -0.25) is 4.79 Å². The molecule has 134 valence electrons. The minimum absolute atomic E-state index is 0.181. The van der Waals surface area contributed by atoms with E-state index in [2.05, 4.69) is 21.6 Å². The van der Waals surface area contributed by atoms with E-state index < -0.39 is 0 Å². The van der Waals surface area contributed by atoms with Gasteiger partial charge in [0.2, 0.25) is 0 Å². The third kappa shape index (κ3) is 3.74. The van der Waals surface area contributed by atoms with Gasteiger partial charge in [0, 0.05) is 0 Å². The maximum absolute atomic E-state index is 12.7.